The number of nitrogens with one attached hydrogen (secondary N) is 1. The molecule has 0 aliphatic heterocycles. The summed E-state index contributed by atoms with van der Waals surface area (Å²) in [4.78, 5) is 12.9. The van der Waals surface area contributed by atoms with Crippen LogP contribution in [0, 0.1) is 13.8 Å². The first-order valence-corrected chi connectivity index (χ1v) is 11.3. The molecule has 2 rings (SSSR count). The number of sulfonamides is 1. The number of hydrogen-bond acceptors (Lipinski definition) is 4. The van der Waals surface area contributed by atoms with Crippen molar-refractivity contribution in [2.24, 2.45) is 0 Å². The van der Waals surface area contributed by atoms with Crippen molar-refractivity contribution in [2.45, 2.75) is 52.0 Å². The zero-order chi connectivity index (χ0) is 21.6. The molecule has 0 radical (unpaired) electrons. The quantitative estimate of drug-likeness (QED) is 0.664. The number of amides is 1. The van der Waals surface area contributed by atoms with E-state index in [0.717, 1.165) is 11.1 Å². The molecule has 6 nitrogen and oxygen atoms in total. The van der Waals surface area contributed by atoms with Crippen LogP contribution in [0.1, 0.15) is 38.3 Å². The molecule has 29 heavy (non-hydrogen) atoms. The van der Waals surface area contributed by atoms with E-state index < -0.39 is 16.1 Å². The van der Waals surface area contributed by atoms with Crippen molar-refractivity contribution in [3.05, 3.63) is 53.6 Å². The fourth-order valence-electron chi connectivity index (χ4n) is 2.96. The number of carbonyl (C=O) groups is 1. The van der Waals surface area contributed by atoms with Crippen LogP contribution in [0.25, 0.3) is 0 Å². The summed E-state index contributed by atoms with van der Waals surface area (Å²) in [6.07, 6.45) is -0.136. The molecule has 0 unspecified atom stereocenters. The first kappa shape index (κ1) is 22.9. The van der Waals surface area contributed by atoms with Gasteiger partial charge in [0.15, 0.2) is 6.10 Å². The van der Waals surface area contributed by atoms with Gasteiger partial charge in [0, 0.05) is 18.8 Å². The lowest BCUT2D eigenvalue weighted by atomic mass is 10.1. The Kier molecular flexibility index (Phi) is 7.81. The van der Waals surface area contributed by atoms with Gasteiger partial charge in [-0.3, -0.25) is 4.79 Å². The largest absolute Gasteiger partial charge is 0.480 e. The molecular formula is C22H30N2O4S. The van der Waals surface area contributed by atoms with Crippen molar-refractivity contribution in [3.8, 4) is 5.75 Å². The van der Waals surface area contributed by atoms with Crippen LogP contribution in [0.5, 0.6) is 5.75 Å². The fourth-order valence-corrected chi connectivity index (χ4v) is 4.41. The molecule has 0 fully saturated rings. The Morgan fingerprint density at radius 3 is 2.21 bits per heavy atom. The third-order valence-electron chi connectivity index (χ3n) is 4.74. The molecule has 1 N–H and O–H groups in total. The number of nitrogens with zero attached hydrogens (tertiary/aromatic N) is 1. The average molecular weight is 419 g/mol. The number of aryl methyl sites for hydroxylation is 2. The maximum absolute atomic E-state index is 12.7. The van der Waals surface area contributed by atoms with Gasteiger partial charge in [0.1, 0.15) is 5.75 Å². The van der Waals surface area contributed by atoms with Gasteiger partial charge in [-0.15, -0.1) is 0 Å². The van der Waals surface area contributed by atoms with Gasteiger partial charge in [-0.1, -0.05) is 32.9 Å². The van der Waals surface area contributed by atoms with E-state index in [2.05, 4.69) is 5.32 Å². The number of benzene rings is 2. The molecule has 2 aromatic carbocycles. The van der Waals surface area contributed by atoms with Crippen LogP contribution in [0.15, 0.2) is 47.4 Å². The molecule has 0 aromatic heterocycles. The first-order chi connectivity index (χ1) is 13.7. The van der Waals surface area contributed by atoms with Crippen LogP contribution in [-0.4, -0.2) is 37.8 Å². The van der Waals surface area contributed by atoms with Crippen LogP contribution < -0.4 is 10.1 Å². The molecule has 0 saturated heterocycles. The Balaban J connectivity index is 2.12. The van der Waals surface area contributed by atoms with Crippen molar-refractivity contribution in [1.29, 1.82) is 0 Å². The van der Waals surface area contributed by atoms with E-state index in [1.165, 1.54) is 16.4 Å². The Morgan fingerprint density at radius 2 is 1.66 bits per heavy atom. The lowest BCUT2D eigenvalue weighted by Gasteiger charge is -2.20. The minimum absolute atomic E-state index is 0.206. The Morgan fingerprint density at radius 1 is 1.03 bits per heavy atom. The summed E-state index contributed by atoms with van der Waals surface area (Å²) < 4.78 is 32.5. The SMILES string of the molecule is CC[C@@H](Oc1cc(C)ccc1C)C(=O)Nc1ccc(S(=O)(=O)N(CC)CC)cc1. The third-order valence-corrected chi connectivity index (χ3v) is 6.81. The highest BCUT2D eigenvalue weighted by atomic mass is 32.2. The molecule has 1 amide bonds. The fraction of sp³-hybridized carbons (Fsp3) is 0.409. The highest BCUT2D eigenvalue weighted by Crippen LogP contribution is 2.22. The standard InChI is InChI=1S/C22H30N2O4S/c1-6-20(28-21-15-16(4)9-10-17(21)5)22(25)23-18-11-13-19(14-12-18)29(26,27)24(7-2)8-3/h9-15,20H,6-8H2,1-5H3,(H,23,25)/t20-/m1/s1. The van der Waals surface area contributed by atoms with Gasteiger partial charge in [-0.05, 0) is 61.7 Å². The topological polar surface area (TPSA) is 75.7 Å². The molecule has 1 atom stereocenters. The van der Waals surface area contributed by atoms with Crippen molar-refractivity contribution >= 4 is 21.6 Å². The summed E-state index contributed by atoms with van der Waals surface area (Å²) in [5.41, 5.74) is 2.55. The average Bonchev–Trinajstić information content (AvgIpc) is 2.69. The molecule has 7 heteroatoms. The number of rotatable bonds is 9. The number of carbonyl (C=O) groups excluding carboxylic acids is 1. The lowest BCUT2D eigenvalue weighted by Crippen LogP contribution is -2.32. The summed E-state index contributed by atoms with van der Waals surface area (Å²) in [5.74, 6) is 0.417. The van der Waals surface area contributed by atoms with Gasteiger partial charge < -0.3 is 10.1 Å². The second-order valence-corrected chi connectivity index (χ2v) is 8.82. The predicted molar refractivity (Wildman–Crippen MR) is 116 cm³/mol. The molecule has 158 valence electrons. The second-order valence-electron chi connectivity index (χ2n) is 6.89. The van der Waals surface area contributed by atoms with Crippen molar-refractivity contribution in [1.82, 2.24) is 4.31 Å². The first-order valence-electron chi connectivity index (χ1n) is 9.87. The molecule has 0 bridgehead atoms. The molecule has 0 aliphatic rings. The summed E-state index contributed by atoms with van der Waals surface area (Å²) >= 11 is 0. The molecule has 2 aromatic rings. The number of anilines is 1. The van der Waals surface area contributed by atoms with Gasteiger partial charge in [-0.25, -0.2) is 8.42 Å². The van der Waals surface area contributed by atoms with E-state index in [1.54, 1.807) is 26.0 Å². The highest BCUT2D eigenvalue weighted by molar-refractivity contribution is 7.89. The molecule has 0 heterocycles. The minimum Gasteiger partial charge on any atom is -0.480 e. The van der Waals surface area contributed by atoms with Gasteiger partial charge in [-0.2, -0.15) is 4.31 Å². The van der Waals surface area contributed by atoms with Crippen LogP contribution >= 0.6 is 0 Å². The van der Waals surface area contributed by atoms with Gasteiger partial charge >= 0.3 is 0 Å². The van der Waals surface area contributed by atoms with E-state index >= 15 is 0 Å². The Labute approximate surface area is 173 Å². The molecule has 0 spiro atoms. The number of ether oxygens (including phenoxy) is 1. The monoisotopic (exact) mass is 418 g/mol. The Bertz CT molecular complexity index is 936. The smallest absolute Gasteiger partial charge is 0.265 e. The van der Waals surface area contributed by atoms with Crippen LogP contribution in [-0.2, 0) is 14.8 Å². The van der Waals surface area contributed by atoms with Crippen LogP contribution in [0.2, 0.25) is 0 Å². The minimum atomic E-state index is -3.52. The van der Waals surface area contributed by atoms with Gasteiger partial charge in [0.05, 0.1) is 4.90 Å². The second kappa shape index (κ2) is 9.89. The van der Waals surface area contributed by atoms with Crippen molar-refractivity contribution < 1.29 is 17.9 Å². The molecule has 0 saturated carbocycles. The molecular weight excluding hydrogens is 388 g/mol. The number of hydrogen-bond donors (Lipinski definition) is 1. The van der Waals surface area contributed by atoms with E-state index in [4.69, 9.17) is 4.74 Å². The summed E-state index contributed by atoms with van der Waals surface area (Å²) in [6.45, 7) is 10.2. The Hall–Kier alpha value is -2.38. The zero-order valence-electron chi connectivity index (χ0n) is 17.7. The van der Waals surface area contributed by atoms with E-state index in [-0.39, 0.29) is 10.8 Å². The van der Waals surface area contributed by atoms with Gasteiger partial charge in [0.25, 0.3) is 5.91 Å². The van der Waals surface area contributed by atoms with E-state index in [0.29, 0.717) is 30.9 Å². The van der Waals surface area contributed by atoms with Crippen LogP contribution in [0.3, 0.4) is 0 Å². The van der Waals surface area contributed by atoms with Gasteiger partial charge in [0.2, 0.25) is 10.0 Å². The normalized spacial score (nSPS) is 12.6. The van der Waals surface area contributed by atoms with E-state index in [1.807, 2.05) is 39.0 Å². The predicted octanol–water partition coefficient (Wildman–Crippen LogP) is 4.13. The zero-order valence-corrected chi connectivity index (χ0v) is 18.5. The van der Waals surface area contributed by atoms with Crippen molar-refractivity contribution in [2.75, 3.05) is 18.4 Å². The van der Waals surface area contributed by atoms with Crippen LogP contribution in [0.4, 0.5) is 5.69 Å². The summed E-state index contributed by atoms with van der Waals surface area (Å²) in [7, 11) is -3.52. The maximum Gasteiger partial charge on any atom is 0.265 e. The summed E-state index contributed by atoms with van der Waals surface area (Å²) in [5, 5.41) is 2.81. The van der Waals surface area contributed by atoms with E-state index in [9.17, 15) is 13.2 Å². The highest BCUT2D eigenvalue weighted by Gasteiger charge is 2.22. The lowest BCUT2D eigenvalue weighted by molar-refractivity contribution is -0.122. The summed E-state index contributed by atoms with van der Waals surface area (Å²) in [6, 6.07) is 12.1. The maximum atomic E-state index is 12.7. The molecule has 0 aliphatic carbocycles. The van der Waals surface area contributed by atoms with Crippen molar-refractivity contribution in [3.63, 3.8) is 0 Å². The third kappa shape index (κ3) is 5.58.